The monoisotopic (exact) mass is 463 g/mol. The molecule has 1 fully saturated rings. The van der Waals surface area contributed by atoms with E-state index in [1.165, 1.54) is 13.5 Å². The number of amides is 1. The van der Waals surface area contributed by atoms with Crippen LogP contribution in [0.1, 0.15) is 52.8 Å². The topological polar surface area (TPSA) is 105 Å². The molecule has 1 aliphatic carbocycles. The van der Waals surface area contributed by atoms with Gasteiger partial charge in [-0.15, -0.1) is 0 Å². The largest absolute Gasteiger partial charge is 0.465 e. The lowest BCUT2D eigenvalue weighted by atomic mass is 9.95. The van der Waals surface area contributed by atoms with E-state index in [-0.39, 0.29) is 23.7 Å². The van der Waals surface area contributed by atoms with Gasteiger partial charge in [0.25, 0.3) is 5.91 Å². The minimum atomic E-state index is -0.620. The Balaban J connectivity index is 1.40. The number of aromatic nitrogens is 2. The number of esters is 1. The van der Waals surface area contributed by atoms with E-state index in [1.807, 2.05) is 0 Å². The lowest BCUT2D eigenvalue weighted by Crippen LogP contribution is -2.36. The molecular weight excluding hydrogens is 437 g/mol. The van der Waals surface area contributed by atoms with E-state index in [9.17, 15) is 14.0 Å². The molecule has 0 saturated heterocycles. The number of anilines is 4. The molecule has 1 amide bonds. The molecular formula is C25H26FN5O3. The third kappa shape index (κ3) is 5.86. The lowest BCUT2D eigenvalue weighted by Gasteiger charge is -2.22. The molecule has 8 nitrogen and oxygen atoms in total. The van der Waals surface area contributed by atoms with Crippen molar-refractivity contribution in [2.75, 3.05) is 17.7 Å². The molecule has 0 spiro atoms. The summed E-state index contributed by atoms with van der Waals surface area (Å²) >= 11 is 0. The van der Waals surface area contributed by atoms with E-state index in [4.69, 9.17) is 0 Å². The first kappa shape index (κ1) is 23.2. The Morgan fingerprint density at radius 3 is 2.18 bits per heavy atom. The summed E-state index contributed by atoms with van der Waals surface area (Å²) in [5, 5.41) is 8.97. The second-order valence-electron chi connectivity index (χ2n) is 8.09. The number of nitrogens with one attached hydrogen (secondary N) is 3. The van der Waals surface area contributed by atoms with Crippen LogP contribution >= 0.6 is 0 Å². The molecule has 3 N–H and O–H groups in total. The molecule has 2 aromatic carbocycles. The van der Waals surface area contributed by atoms with E-state index in [2.05, 4.69) is 30.7 Å². The third-order valence-electron chi connectivity index (χ3n) is 5.66. The standard InChI is InChI=1S/C25H26FN5O3/c1-34-24(33)17-9-13-20(14-10-17)30-25-27-15-21(26)22(31-25)28-19-11-7-16(8-12-19)23(32)29-18-5-3-2-4-6-18/h7-15,18H,2-6H2,1H3,(H,29,32)(H2,27,28,30,31). The molecule has 4 rings (SSSR count). The fraction of sp³-hybridized carbons (Fsp3) is 0.280. The van der Waals surface area contributed by atoms with Crippen LogP contribution in [0.2, 0.25) is 0 Å². The smallest absolute Gasteiger partial charge is 0.337 e. The van der Waals surface area contributed by atoms with Gasteiger partial charge in [0.15, 0.2) is 11.6 Å². The number of carbonyl (C=O) groups is 2. The number of methoxy groups -OCH3 is 1. The molecule has 9 heteroatoms. The average Bonchev–Trinajstić information content (AvgIpc) is 2.87. The second-order valence-corrected chi connectivity index (χ2v) is 8.09. The zero-order valence-electron chi connectivity index (χ0n) is 18.8. The van der Waals surface area contributed by atoms with Crippen LogP contribution in [0.3, 0.4) is 0 Å². The number of ether oxygens (including phenoxy) is 1. The molecule has 0 bridgehead atoms. The van der Waals surface area contributed by atoms with Crippen LogP contribution in [-0.4, -0.2) is 35.0 Å². The van der Waals surface area contributed by atoms with Crippen molar-refractivity contribution in [3.63, 3.8) is 0 Å². The molecule has 0 radical (unpaired) electrons. The van der Waals surface area contributed by atoms with E-state index in [0.717, 1.165) is 31.9 Å². The predicted octanol–water partition coefficient (Wildman–Crippen LogP) is 4.95. The highest BCUT2D eigenvalue weighted by atomic mass is 19.1. The van der Waals surface area contributed by atoms with Gasteiger partial charge in [0.1, 0.15) is 0 Å². The summed E-state index contributed by atoms with van der Waals surface area (Å²) in [6, 6.07) is 13.6. The van der Waals surface area contributed by atoms with Crippen molar-refractivity contribution in [2.45, 2.75) is 38.1 Å². The minimum absolute atomic E-state index is 0.0110. The van der Waals surface area contributed by atoms with Gasteiger partial charge in [0, 0.05) is 23.0 Å². The first-order valence-corrected chi connectivity index (χ1v) is 11.2. The van der Waals surface area contributed by atoms with Gasteiger partial charge >= 0.3 is 5.97 Å². The Morgan fingerprint density at radius 2 is 1.53 bits per heavy atom. The van der Waals surface area contributed by atoms with E-state index in [1.54, 1.807) is 48.5 Å². The van der Waals surface area contributed by atoms with Crippen LogP contribution in [0, 0.1) is 5.82 Å². The van der Waals surface area contributed by atoms with Crippen molar-refractivity contribution in [2.24, 2.45) is 0 Å². The molecule has 1 heterocycles. The zero-order valence-corrected chi connectivity index (χ0v) is 18.8. The maximum atomic E-state index is 14.3. The number of hydrogen-bond donors (Lipinski definition) is 3. The van der Waals surface area contributed by atoms with Crippen LogP contribution < -0.4 is 16.0 Å². The van der Waals surface area contributed by atoms with Crippen LogP contribution in [-0.2, 0) is 4.74 Å². The zero-order chi connectivity index (χ0) is 23.9. The van der Waals surface area contributed by atoms with Gasteiger partial charge in [0.2, 0.25) is 5.95 Å². The SMILES string of the molecule is COC(=O)c1ccc(Nc2ncc(F)c(Nc3ccc(C(=O)NC4CCCCC4)cc3)n2)cc1. The molecule has 1 aliphatic rings. The summed E-state index contributed by atoms with van der Waals surface area (Å²) in [6.45, 7) is 0. The highest BCUT2D eigenvalue weighted by Crippen LogP contribution is 2.22. The lowest BCUT2D eigenvalue weighted by molar-refractivity contribution is 0.0600. The van der Waals surface area contributed by atoms with E-state index in [0.29, 0.717) is 22.5 Å². The summed E-state index contributed by atoms with van der Waals surface area (Å²) < 4.78 is 19.0. The fourth-order valence-electron chi connectivity index (χ4n) is 3.81. The number of rotatable bonds is 7. The van der Waals surface area contributed by atoms with Crippen molar-refractivity contribution in [1.82, 2.24) is 15.3 Å². The number of hydrogen-bond acceptors (Lipinski definition) is 7. The Kier molecular flexibility index (Phi) is 7.31. The van der Waals surface area contributed by atoms with Gasteiger partial charge in [-0.05, 0) is 61.4 Å². The fourth-order valence-corrected chi connectivity index (χ4v) is 3.81. The first-order valence-electron chi connectivity index (χ1n) is 11.2. The van der Waals surface area contributed by atoms with Crippen LogP contribution in [0.15, 0.2) is 54.7 Å². The van der Waals surface area contributed by atoms with E-state index < -0.39 is 11.8 Å². The molecule has 1 aromatic heterocycles. The molecule has 34 heavy (non-hydrogen) atoms. The minimum Gasteiger partial charge on any atom is -0.465 e. The predicted molar refractivity (Wildman–Crippen MR) is 127 cm³/mol. The second kappa shape index (κ2) is 10.7. The summed E-state index contributed by atoms with van der Waals surface area (Å²) in [7, 11) is 1.31. The van der Waals surface area contributed by atoms with Crippen molar-refractivity contribution in [3.8, 4) is 0 Å². The van der Waals surface area contributed by atoms with Gasteiger partial charge in [-0.2, -0.15) is 4.98 Å². The maximum absolute atomic E-state index is 14.3. The first-order chi connectivity index (χ1) is 16.5. The number of carbonyl (C=O) groups excluding carboxylic acids is 2. The van der Waals surface area contributed by atoms with Crippen molar-refractivity contribution < 1.29 is 18.7 Å². The summed E-state index contributed by atoms with van der Waals surface area (Å²) in [5.74, 6) is -0.989. The molecule has 0 unspecified atom stereocenters. The van der Waals surface area contributed by atoms with Gasteiger partial charge in [0.05, 0.1) is 18.9 Å². The van der Waals surface area contributed by atoms with Crippen LogP contribution in [0.25, 0.3) is 0 Å². The van der Waals surface area contributed by atoms with E-state index >= 15 is 0 Å². The van der Waals surface area contributed by atoms with Gasteiger partial charge < -0.3 is 20.7 Å². The third-order valence-corrected chi connectivity index (χ3v) is 5.66. The van der Waals surface area contributed by atoms with Crippen molar-refractivity contribution in [1.29, 1.82) is 0 Å². The Hall–Kier alpha value is -4.01. The van der Waals surface area contributed by atoms with Crippen LogP contribution in [0.5, 0.6) is 0 Å². The molecule has 1 saturated carbocycles. The van der Waals surface area contributed by atoms with Gasteiger partial charge in [-0.3, -0.25) is 4.79 Å². The Morgan fingerprint density at radius 1 is 0.912 bits per heavy atom. The quantitative estimate of drug-likeness (QED) is 0.426. The molecule has 176 valence electrons. The highest BCUT2D eigenvalue weighted by Gasteiger charge is 2.17. The number of nitrogens with zero attached hydrogens (tertiary/aromatic N) is 2. The molecule has 0 aliphatic heterocycles. The normalized spacial score (nSPS) is 13.7. The maximum Gasteiger partial charge on any atom is 0.337 e. The van der Waals surface area contributed by atoms with Crippen LogP contribution in [0.4, 0.5) is 27.5 Å². The summed E-state index contributed by atoms with van der Waals surface area (Å²) in [5.41, 5.74) is 2.17. The number of halogens is 1. The van der Waals surface area contributed by atoms with Gasteiger partial charge in [-0.25, -0.2) is 14.2 Å². The molecule has 0 atom stereocenters. The summed E-state index contributed by atoms with van der Waals surface area (Å²) in [4.78, 5) is 32.2. The summed E-state index contributed by atoms with van der Waals surface area (Å²) in [6.07, 6.45) is 6.62. The Bertz CT molecular complexity index is 1150. The van der Waals surface area contributed by atoms with Crippen molar-refractivity contribution in [3.05, 3.63) is 71.7 Å². The highest BCUT2D eigenvalue weighted by molar-refractivity contribution is 5.94. The molecule has 3 aromatic rings. The number of benzene rings is 2. The van der Waals surface area contributed by atoms with Gasteiger partial charge in [-0.1, -0.05) is 19.3 Å². The Labute approximate surface area is 197 Å². The average molecular weight is 464 g/mol. The van der Waals surface area contributed by atoms with Crippen molar-refractivity contribution >= 4 is 35.0 Å².